The van der Waals surface area contributed by atoms with E-state index in [2.05, 4.69) is 40.3 Å². The largest absolute Gasteiger partial charge is 2.00 e. The molecule has 5 heterocycles. The number of benzene rings is 2. The quantitative estimate of drug-likeness (QED) is 0.207. The van der Waals surface area contributed by atoms with Crippen LogP contribution in [-0.4, -0.2) is 29.9 Å². The zero-order valence-electron chi connectivity index (χ0n) is 20.3. The molecule has 2 aliphatic heterocycles. The molecule has 0 unspecified atom stereocenters. The second-order valence-corrected chi connectivity index (χ2v) is 8.47. The molecule has 0 saturated carbocycles. The van der Waals surface area contributed by atoms with Gasteiger partial charge in [-0.25, -0.2) is 15.0 Å². The van der Waals surface area contributed by atoms with Crippen molar-refractivity contribution in [2.45, 2.75) is 0 Å². The van der Waals surface area contributed by atoms with Crippen molar-refractivity contribution in [3.8, 4) is 0 Å². The molecule has 0 saturated heterocycles. The fraction of sp³-hybridized carbons (Fsp3) is 0. The third-order valence-corrected chi connectivity index (χ3v) is 6.07. The SMILES string of the molecule is [CH3-].[Pt+2].[c-]1c2cncc1c1nc(nc3cncc(c3)c3nc(n2)C=C3c2ccccc2)C=C1c1ccccc1. The molecule has 3 aromatic heterocycles. The maximum Gasteiger partial charge on any atom is 2.00 e. The Morgan fingerprint density at radius 1 is 0.579 bits per heavy atom. The zero-order chi connectivity index (χ0) is 23.9. The third-order valence-electron chi connectivity index (χ3n) is 6.07. The minimum absolute atomic E-state index is 0. The maximum absolute atomic E-state index is 4.87. The summed E-state index contributed by atoms with van der Waals surface area (Å²) in [5.74, 6) is 1.17. The average molecular weight is 672 g/mol. The summed E-state index contributed by atoms with van der Waals surface area (Å²) >= 11 is 0. The van der Waals surface area contributed by atoms with Crippen LogP contribution in [0.2, 0.25) is 0 Å². The van der Waals surface area contributed by atoms with Gasteiger partial charge in [0, 0.05) is 22.7 Å². The molecule has 184 valence electrons. The minimum Gasteiger partial charge on any atom is -0.358 e. The van der Waals surface area contributed by atoms with E-state index in [0.29, 0.717) is 22.7 Å². The molecule has 7 rings (SSSR count). The first-order chi connectivity index (χ1) is 17.8. The van der Waals surface area contributed by atoms with Gasteiger partial charge in [-0.05, 0) is 46.8 Å². The zero-order valence-corrected chi connectivity index (χ0v) is 22.6. The second kappa shape index (κ2) is 10.5. The number of nitrogens with zero attached hydrogens (tertiary/aromatic N) is 6. The Kier molecular flexibility index (Phi) is 6.99. The molecule has 0 radical (unpaired) electrons. The summed E-state index contributed by atoms with van der Waals surface area (Å²) in [6, 6.07) is 25.7. The van der Waals surface area contributed by atoms with E-state index in [-0.39, 0.29) is 28.5 Å². The van der Waals surface area contributed by atoms with Crippen LogP contribution in [-0.2, 0) is 21.1 Å². The molecule has 0 N–H and O–H groups in total. The standard InChI is InChI=1S/C30H17N6.CH3.Pt/c1-3-7-19(8-4-1)25-13-27-33-24-12-22(16-32-18-24)30-26(20-9-5-2-6-10-20)14-28(36-30)34-23-11-21(15-31-17-23)29(25)35-27;;/h1-11,13-18H;1H3;/q2*-1;+2. The van der Waals surface area contributed by atoms with Crippen molar-refractivity contribution in [2.24, 2.45) is 0 Å². The van der Waals surface area contributed by atoms with Gasteiger partial charge in [-0.3, -0.25) is 9.97 Å². The van der Waals surface area contributed by atoms with Crippen molar-refractivity contribution >= 4 is 45.1 Å². The topological polar surface area (TPSA) is 77.3 Å². The summed E-state index contributed by atoms with van der Waals surface area (Å²) in [5.41, 5.74) is 6.87. The van der Waals surface area contributed by atoms with E-state index in [0.717, 1.165) is 44.4 Å². The number of aromatic nitrogens is 6. The minimum atomic E-state index is 0. The summed E-state index contributed by atoms with van der Waals surface area (Å²) < 4.78 is 0. The van der Waals surface area contributed by atoms with Gasteiger partial charge in [0.25, 0.3) is 0 Å². The van der Waals surface area contributed by atoms with Crippen LogP contribution in [0.3, 0.4) is 0 Å². The molecule has 5 aromatic rings. The summed E-state index contributed by atoms with van der Waals surface area (Å²) in [7, 11) is 0. The molecule has 38 heavy (non-hydrogen) atoms. The van der Waals surface area contributed by atoms with Crippen molar-refractivity contribution in [3.63, 3.8) is 0 Å². The predicted molar refractivity (Wildman–Crippen MR) is 147 cm³/mol. The molecule has 0 spiro atoms. The Bertz CT molecular complexity index is 1700. The van der Waals surface area contributed by atoms with E-state index < -0.39 is 0 Å². The van der Waals surface area contributed by atoms with E-state index >= 15 is 0 Å². The molecule has 7 heteroatoms. The van der Waals surface area contributed by atoms with Crippen LogP contribution in [0.15, 0.2) is 91.5 Å². The molecule has 2 aromatic carbocycles. The van der Waals surface area contributed by atoms with Gasteiger partial charge in [0.1, 0.15) is 5.82 Å². The summed E-state index contributed by atoms with van der Waals surface area (Å²) in [4.78, 5) is 28.2. The molecule has 6 nitrogen and oxygen atoms in total. The Balaban J connectivity index is 0.00000147. The Hall–Kier alpha value is -4.41. The van der Waals surface area contributed by atoms with Crippen molar-refractivity contribution in [3.05, 3.63) is 139 Å². The molecular formula is C31H20N6Pt. The number of hydrogen-bond donors (Lipinski definition) is 0. The Morgan fingerprint density at radius 2 is 1.18 bits per heavy atom. The second-order valence-electron chi connectivity index (χ2n) is 8.47. The molecule has 8 bridgehead atoms. The van der Waals surface area contributed by atoms with Gasteiger partial charge in [0.05, 0.1) is 17.4 Å². The first kappa shape index (κ1) is 25.2. The Labute approximate surface area is 234 Å². The third kappa shape index (κ3) is 4.67. The number of pyridine rings is 2. The Morgan fingerprint density at radius 3 is 1.89 bits per heavy atom. The van der Waals surface area contributed by atoms with Gasteiger partial charge >= 0.3 is 21.1 Å². The summed E-state index contributed by atoms with van der Waals surface area (Å²) in [5, 5.41) is 1.61. The van der Waals surface area contributed by atoms with Crippen molar-refractivity contribution in [1.29, 1.82) is 0 Å². The molecular weight excluding hydrogens is 651 g/mol. The van der Waals surface area contributed by atoms with Gasteiger partial charge in [-0.15, -0.1) is 11.5 Å². The summed E-state index contributed by atoms with van der Waals surface area (Å²) in [6.07, 6.45) is 11.0. The number of fused-ring (bicyclic) bond motifs is 10. The summed E-state index contributed by atoms with van der Waals surface area (Å²) in [6.45, 7) is 0. The van der Waals surface area contributed by atoms with E-state index in [1.165, 1.54) is 0 Å². The normalized spacial score (nSPS) is 12.1. The maximum atomic E-state index is 4.87. The fourth-order valence-corrected chi connectivity index (χ4v) is 4.46. The van der Waals surface area contributed by atoms with E-state index in [1.54, 1.807) is 24.8 Å². The number of hydrogen-bond acceptors (Lipinski definition) is 6. The molecule has 0 aliphatic carbocycles. The van der Waals surface area contributed by atoms with Crippen molar-refractivity contribution in [1.82, 2.24) is 29.9 Å². The number of rotatable bonds is 2. The van der Waals surface area contributed by atoms with Crippen molar-refractivity contribution < 1.29 is 21.1 Å². The molecule has 0 atom stereocenters. The van der Waals surface area contributed by atoms with Crippen LogP contribution in [0.1, 0.15) is 34.2 Å². The van der Waals surface area contributed by atoms with Crippen LogP contribution in [0.4, 0.5) is 0 Å². The van der Waals surface area contributed by atoms with Crippen LogP contribution >= 0.6 is 0 Å². The van der Waals surface area contributed by atoms with Gasteiger partial charge in [-0.2, -0.15) is 0 Å². The van der Waals surface area contributed by atoms with Gasteiger partial charge < -0.3 is 12.4 Å². The molecule has 0 fully saturated rings. The fourth-order valence-electron chi connectivity index (χ4n) is 4.46. The van der Waals surface area contributed by atoms with E-state index in [9.17, 15) is 0 Å². The van der Waals surface area contributed by atoms with Gasteiger partial charge in [0.15, 0.2) is 5.82 Å². The van der Waals surface area contributed by atoms with Crippen LogP contribution in [0, 0.1) is 13.5 Å². The first-order valence-electron chi connectivity index (χ1n) is 11.5. The predicted octanol–water partition coefficient (Wildman–Crippen LogP) is 6.10. The first-order valence-corrected chi connectivity index (χ1v) is 11.5. The van der Waals surface area contributed by atoms with Crippen LogP contribution < -0.4 is 0 Å². The average Bonchev–Trinajstić information content (AvgIpc) is 3.54. The van der Waals surface area contributed by atoms with E-state index in [1.807, 2.05) is 54.6 Å². The van der Waals surface area contributed by atoms with Crippen LogP contribution in [0.25, 0.3) is 45.1 Å². The molecule has 0 amide bonds. The molecule has 2 aliphatic rings. The smallest absolute Gasteiger partial charge is 0.358 e. The van der Waals surface area contributed by atoms with Gasteiger partial charge in [0.2, 0.25) is 0 Å². The van der Waals surface area contributed by atoms with E-state index in [4.69, 9.17) is 19.9 Å². The monoisotopic (exact) mass is 671 g/mol. The van der Waals surface area contributed by atoms with Gasteiger partial charge in [-0.1, -0.05) is 66.9 Å². The van der Waals surface area contributed by atoms with Crippen molar-refractivity contribution in [2.75, 3.05) is 0 Å². The van der Waals surface area contributed by atoms with Crippen LogP contribution in [0.5, 0.6) is 0 Å².